The number of thiazole rings is 1. The first-order valence-electron chi connectivity index (χ1n) is 9.30. The Bertz CT molecular complexity index is 988. The molecule has 0 N–H and O–H groups in total. The first-order valence-corrected chi connectivity index (χ1v) is 10.1. The van der Waals surface area contributed by atoms with Crippen LogP contribution < -0.4 is 0 Å². The normalized spacial score (nSPS) is 18.5. The van der Waals surface area contributed by atoms with Gasteiger partial charge in [-0.15, -0.1) is 11.3 Å². The highest BCUT2D eigenvalue weighted by Gasteiger charge is 2.36. The van der Waals surface area contributed by atoms with Crippen LogP contribution in [0.1, 0.15) is 51.6 Å². The number of benzene rings is 1. The molecular formula is C22H24N2O2S. The van der Waals surface area contributed by atoms with E-state index in [2.05, 4.69) is 44.0 Å². The van der Waals surface area contributed by atoms with Gasteiger partial charge in [0, 0.05) is 18.5 Å². The molecule has 2 atom stereocenters. The summed E-state index contributed by atoms with van der Waals surface area (Å²) in [5.74, 6) is 3.12. The minimum Gasteiger partial charge on any atom is -0.464 e. The number of hydrogen-bond donors (Lipinski definition) is 0. The molecule has 5 heteroatoms. The van der Waals surface area contributed by atoms with Crippen LogP contribution in [-0.2, 0) is 6.54 Å². The molecular weight excluding hydrogens is 356 g/mol. The van der Waals surface area contributed by atoms with Crippen molar-refractivity contribution in [2.75, 3.05) is 7.05 Å². The molecule has 1 aliphatic carbocycles. The topological polar surface area (TPSA) is 46.3 Å². The molecule has 4 nitrogen and oxygen atoms in total. The van der Waals surface area contributed by atoms with Crippen molar-refractivity contribution in [2.24, 2.45) is 5.92 Å². The van der Waals surface area contributed by atoms with Crippen molar-refractivity contribution in [3.63, 3.8) is 0 Å². The number of aryl methyl sites for hydroxylation is 2. The fourth-order valence-corrected chi connectivity index (χ4v) is 4.44. The molecule has 1 saturated carbocycles. The zero-order chi connectivity index (χ0) is 19.1. The summed E-state index contributed by atoms with van der Waals surface area (Å²) in [5, 5.41) is 0.882. The number of rotatable bonds is 5. The number of hydrogen-bond acceptors (Lipinski definition) is 4. The number of carbonyl (C=O) groups excluding carboxylic acids is 1. The highest BCUT2D eigenvalue weighted by molar-refractivity contribution is 7.16. The lowest BCUT2D eigenvalue weighted by Gasteiger charge is -2.14. The van der Waals surface area contributed by atoms with Crippen LogP contribution in [0.15, 0.2) is 40.9 Å². The van der Waals surface area contributed by atoms with E-state index in [0.29, 0.717) is 23.3 Å². The Balaban J connectivity index is 1.46. The summed E-state index contributed by atoms with van der Waals surface area (Å²) >= 11 is 1.44. The monoisotopic (exact) mass is 380 g/mol. The Morgan fingerprint density at radius 3 is 2.78 bits per heavy atom. The van der Waals surface area contributed by atoms with Gasteiger partial charge >= 0.3 is 0 Å². The van der Waals surface area contributed by atoms with Crippen molar-refractivity contribution in [3.8, 4) is 10.6 Å². The van der Waals surface area contributed by atoms with Gasteiger partial charge in [-0.2, -0.15) is 0 Å². The van der Waals surface area contributed by atoms with Gasteiger partial charge in [0.05, 0.1) is 12.7 Å². The average Bonchev–Trinajstić information content (AvgIpc) is 3.03. The van der Waals surface area contributed by atoms with E-state index in [0.717, 1.165) is 22.1 Å². The maximum atomic E-state index is 12.8. The van der Waals surface area contributed by atoms with Crippen LogP contribution in [-0.4, -0.2) is 22.8 Å². The molecule has 2 heterocycles. The van der Waals surface area contributed by atoms with E-state index in [-0.39, 0.29) is 5.91 Å². The Morgan fingerprint density at radius 1 is 1.30 bits per heavy atom. The van der Waals surface area contributed by atoms with Crippen LogP contribution in [0.4, 0.5) is 0 Å². The van der Waals surface area contributed by atoms with Crippen molar-refractivity contribution < 1.29 is 9.21 Å². The first kappa shape index (κ1) is 18.0. The maximum Gasteiger partial charge on any atom is 0.265 e. The number of amides is 1. The van der Waals surface area contributed by atoms with Crippen LogP contribution in [0.2, 0.25) is 0 Å². The second-order valence-electron chi connectivity index (χ2n) is 7.63. The quantitative estimate of drug-likeness (QED) is 0.594. The second-order valence-corrected chi connectivity index (χ2v) is 8.66. The van der Waals surface area contributed by atoms with Gasteiger partial charge in [0.15, 0.2) is 0 Å². The molecule has 0 spiro atoms. The van der Waals surface area contributed by atoms with E-state index in [4.69, 9.17) is 4.42 Å². The third-order valence-electron chi connectivity index (χ3n) is 5.23. The molecule has 0 aliphatic heterocycles. The van der Waals surface area contributed by atoms with Crippen molar-refractivity contribution >= 4 is 17.2 Å². The number of carbonyl (C=O) groups is 1. The molecule has 0 unspecified atom stereocenters. The van der Waals surface area contributed by atoms with E-state index in [1.165, 1.54) is 28.9 Å². The minimum absolute atomic E-state index is 0.0266. The van der Waals surface area contributed by atoms with Crippen molar-refractivity contribution in [1.29, 1.82) is 0 Å². The Labute approximate surface area is 163 Å². The molecule has 0 radical (unpaired) electrons. The van der Waals surface area contributed by atoms with E-state index < -0.39 is 0 Å². The Morgan fingerprint density at radius 2 is 2.07 bits per heavy atom. The van der Waals surface area contributed by atoms with Gasteiger partial charge in [-0.1, -0.05) is 30.7 Å². The van der Waals surface area contributed by atoms with Gasteiger partial charge in [-0.25, -0.2) is 4.98 Å². The lowest BCUT2D eigenvalue weighted by Crippen LogP contribution is -2.25. The van der Waals surface area contributed by atoms with Gasteiger partial charge in [-0.3, -0.25) is 4.79 Å². The minimum atomic E-state index is -0.0266. The van der Waals surface area contributed by atoms with Crippen molar-refractivity contribution in [1.82, 2.24) is 9.88 Å². The zero-order valence-corrected chi connectivity index (χ0v) is 17.0. The van der Waals surface area contributed by atoms with Crippen LogP contribution in [0.5, 0.6) is 0 Å². The van der Waals surface area contributed by atoms with Gasteiger partial charge < -0.3 is 9.32 Å². The molecule has 1 fully saturated rings. The van der Waals surface area contributed by atoms with E-state index in [9.17, 15) is 4.79 Å². The maximum absolute atomic E-state index is 12.8. The van der Waals surface area contributed by atoms with Gasteiger partial charge in [0.2, 0.25) is 0 Å². The fourth-order valence-electron chi connectivity index (χ4n) is 3.44. The summed E-state index contributed by atoms with van der Waals surface area (Å²) in [6.07, 6.45) is 2.88. The Kier molecular flexibility index (Phi) is 4.64. The number of nitrogens with zero attached hydrogens (tertiary/aromatic N) is 2. The van der Waals surface area contributed by atoms with Crippen LogP contribution in [0, 0.1) is 19.8 Å². The molecule has 2 aromatic heterocycles. The molecule has 0 bridgehead atoms. The summed E-state index contributed by atoms with van der Waals surface area (Å²) in [4.78, 5) is 19.6. The fraction of sp³-hybridized carbons (Fsp3) is 0.364. The van der Waals surface area contributed by atoms with E-state index in [1.807, 2.05) is 12.1 Å². The third kappa shape index (κ3) is 3.69. The third-order valence-corrected chi connectivity index (χ3v) is 6.24. The molecule has 4 rings (SSSR count). The molecule has 1 aliphatic rings. The standard InChI is InChI=1S/C22H24N2O2S/c1-13-5-7-17(14(2)9-13)21-23-11-20(27-21)22(25)24(4)12-16-6-8-19(26-16)18-10-15(18)3/h5-9,11,15,18H,10,12H2,1-4H3/t15-,18-/m0/s1. The summed E-state index contributed by atoms with van der Waals surface area (Å²) < 4.78 is 5.93. The van der Waals surface area contributed by atoms with Crippen LogP contribution in [0.3, 0.4) is 0 Å². The van der Waals surface area contributed by atoms with Crippen LogP contribution >= 0.6 is 11.3 Å². The van der Waals surface area contributed by atoms with Crippen molar-refractivity contribution in [2.45, 2.75) is 39.7 Å². The largest absolute Gasteiger partial charge is 0.464 e. The van der Waals surface area contributed by atoms with Crippen LogP contribution in [0.25, 0.3) is 10.6 Å². The van der Waals surface area contributed by atoms with Gasteiger partial charge in [0.25, 0.3) is 5.91 Å². The first-order chi connectivity index (χ1) is 12.9. The summed E-state index contributed by atoms with van der Waals surface area (Å²) in [5.41, 5.74) is 3.48. The van der Waals surface area contributed by atoms with Gasteiger partial charge in [-0.05, 0) is 43.9 Å². The average molecular weight is 381 g/mol. The summed E-state index contributed by atoms with van der Waals surface area (Å²) in [6, 6.07) is 10.3. The highest BCUT2D eigenvalue weighted by Crippen LogP contribution is 2.47. The molecule has 3 aromatic rings. The van der Waals surface area contributed by atoms with E-state index >= 15 is 0 Å². The Hall–Kier alpha value is -2.40. The lowest BCUT2D eigenvalue weighted by atomic mass is 10.1. The lowest BCUT2D eigenvalue weighted by molar-refractivity contribution is 0.0779. The highest BCUT2D eigenvalue weighted by atomic mass is 32.1. The van der Waals surface area contributed by atoms with Crippen molar-refractivity contribution in [3.05, 3.63) is 64.1 Å². The molecule has 1 amide bonds. The summed E-state index contributed by atoms with van der Waals surface area (Å²) in [7, 11) is 1.81. The predicted octanol–water partition coefficient (Wildman–Crippen LogP) is 5.42. The van der Waals surface area contributed by atoms with Gasteiger partial charge in [0.1, 0.15) is 21.4 Å². The number of aromatic nitrogens is 1. The molecule has 140 valence electrons. The number of furan rings is 1. The molecule has 27 heavy (non-hydrogen) atoms. The second kappa shape index (κ2) is 6.97. The molecule has 1 aromatic carbocycles. The smallest absolute Gasteiger partial charge is 0.265 e. The molecule has 0 saturated heterocycles. The predicted molar refractivity (Wildman–Crippen MR) is 108 cm³/mol. The van der Waals surface area contributed by atoms with E-state index in [1.54, 1.807) is 18.1 Å². The SMILES string of the molecule is Cc1ccc(-c2ncc(C(=O)N(C)Cc3ccc([C@H]4C[C@@H]4C)o3)s2)c(C)c1. The summed E-state index contributed by atoms with van der Waals surface area (Å²) in [6.45, 7) is 6.86. The zero-order valence-electron chi connectivity index (χ0n) is 16.2.